The molecule has 2 aromatic rings. The molecule has 0 spiro atoms. The molecule has 118 valence electrons. The van der Waals surface area contributed by atoms with Crippen LogP contribution in [0.3, 0.4) is 0 Å². The van der Waals surface area contributed by atoms with Crippen molar-refractivity contribution in [1.29, 1.82) is 0 Å². The Balaban J connectivity index is 1.80. The number of aromatic nitrogens is 1. The highest BCUT2D eigenvalue weighted by atomic mass is 19.4. The Labute approximate surface area is 126 Å². The van der Waals surface area contributed by atoms with Gasteiger partial charge in [0.1, 0.15) is 5.75 Å². The van der Waals surface area contributed by atoms with Gasteiger partial charge in [-0.15, -0.1) is 13.2 Å². The summed E-state index contributed by atoms with van der Waals surface area (Å²) in [7, 11) is 0. The van der Waals surface area contributed by atoms with E-state index >= 15 is 0 Å². The van der Waals surface area contributed by atoms with Gasteiger partial charge in [0.2, 0.25) is 0 Å². The Kier molecular flexibility index (Phi) is 3.11. The molecular formula is C16H17F3N2O. The standard InChI is InChI=1S/C16H17F3N2O/c17-16(18,19)22-14-5-1-4-12-15(14)11-6-8-21-7-2-3-10(21)9-13(11)20-12/h1,4-5,10,20H,2-3,6-9H2/t10-/m0/s1. The predicted molar refractivity (Wildman–Crippen MR) is 77.0 cm³/mol. The summed E-state index contributed by atoms with van der Waals surface area (Å²) in [6.07, 6.45) is -0.633. The molecule has 0 saturated carbocycles. The summed E-state index contributed by atoms with van der Waals surface area (Å²) in [4.78, 5) is 5.77. The van der Waals surface area contributed by atoms with E-state index < -0.39 is 6.36 Å². The van der Waals surface area contributed by atoms with E-state index in [0.717, 1.165) is 42.7 Å². The van der Waals surface area contributed by atoms with Gasteiger partial charge < -0.3 is 9.72 Å². The molecule has 1 aromatic carbocycles. The third-order valence-electron chi connectivity index (χ3n) is 4.79. The van der Waals surface area contributed by atoms with E-state index in [-0.39, 0.29) is 5.75 Å². The average molecular weight is 310 g/mol. The molecule has 0 unspecified atom stereocenters. The first-order valence-electron chi connectivity index (χ1n) is 7.63. The second-order valence-corrected chi connectivity index (χ2v) is 6.09. The lowest BCUT2D eigenvalue weighted by Gasteiger charge is -2.20. The molecule has 3 nitrogen and oxygen atoms in total. The third kappa shape index (κ3) is 2.35. The van der Waals surface area contributed by atoms with Gasteiger partial charge in [0.05, 0.1) is 0 Å². The number of hydrogen-bond acceptors (Lipinski definition) is 2. The lowest BCUT2D eigenvalue weighted by Crippen LogP contribution is -2.30. The first-order valence-corrected chi connectivity index (χ1v) is 7.63. The van der Waals surface area contributed by atoms with E-state index in [0.29, 0.717) is 11.4 Å². The van der Waals surface area contributed by atoms with Crippen LogP contribution in [0, 0.1) is 0 Å². The van der Waals surface area contributed by atoms with E-state index in [1.807, 2.05) is 6.07 Å². The fourth-order valence-corrected chi connectivity index (χ4v) is 3.91. The number of fused-ring (bicyclic) bond motifs is 4. The minimum absolute atomic E-state index is 0.0930. The Morgan fingerprint density at radius 2 is 2.09 bits per heavy atom. The van der Waals surface area contributed by atoms with Gasteiger partial charge in [0.15, 0.2) is 0 Å². The van der Waals surface area contributed by atoms with Crippen LogP contribution in [0.2, 0.25) is 0 Å². The molecule has 1 atom stereocenters. The minimum Gasteiger partial charge on any atom is -0.405 e. The van der Waals surface area contributed by atoms with Gasteiger partial charge in [0, 0.05) is 35.6 Å². The number of halogens is 3. The summed E-state index contributed by atoms with van der Waals surface area (Å²) in [5.74, 6) is -0.0930. The number of alkyl halides is 3. The van der Waals surface area contributed by atoms with Crippen molar-refractivity contribution in [2.45, 2.75) is 38.1 Å². The zero-order valence-electron chi connectivity index (χ0n) is 12.0. The number of rotatable bonds is 1. The van der Waals surface area contributed by atoms with Crippen LogP contribution in [-0.2, 0) is 12.8 Å². The summed E-state index contributed by atoms with van der Waals surface area (Å²) >= 11 is 0. The molecule has 0 radical (unpaired) electrons. The Morgan fingerprint density at radius 1 is 1.23 bits per heavy atom. The molecular weight excluding hydrogens is 293 g/mol. The number of aromatic amines is 1. The fourth-order valence-electron chi connectivity index (χ4n) is 3.91. The van der Waals surface area contributed by atoms with Crippen LogP contribution in [0.25, 0.3) is 10.9 Å². The highest BCUT2D eigenvalue weighted by Gasteiger charge is 2.34. The van der Waals surface area contributed by atoms with Gasteiger partial charge in [-0.25, -0.2) is 0 Å². The van der Waals surface area contributed by atoms with Crippen LogP contribution in [-0.4, -0.2) is 35.4 Å². The van der Waals surface area contributed by atoms with Crippen molar-refractivity contribution in [2.75, 3.05) is 13.1 Å². The highest BCUT2D eigenvalue weighted by molar-refractivity contribution is 5.90. The van der Waals surface area contributed by atoms with Crippen molar-refractivity contribution in [1.82, 2.24) is 9.88 Å². The second kappa shape index (κ2) is 4.91. The van der Waals surface area contributed by atoms with Crippen molar-refractivity contribution in [3.8, 4) is 5.75 Å². The zero-order valence-corrected chi connectivity index (χ0v) is 12.0. The summed E-state index contributed by atoms with van der Waals surface area (Å²) < 4.78 is 42.1. The Morgan fingerprint density at radius 3 is 2.91 bits per heavy atom. The molecule has 1 fully saturated rings. The van der Waals surface area contributed by atoms with Crippen LogP contribution in [0.4, 0.5) is 13.2 Å². The third-order valence-corrected chi connectivity index (χ3v) is 4.79. The normalized spacial score (nSPS) is 22.4. The van der Waals surface area contributed by atoms with Gasteiger partial charge in [-0.3, -0.25) is 4.90 Å². The number of hydrogen-bond donors (Lipinski definition) is 1. The molecule has 3 heterocycles. The maximum atomic E-state index is 12.6. The predicted octanol–water partition coefficient (Wildman–Crippen LogP) is 3.63. The van der Waals surface area contributed by atoms with Crippen LogP contribution in [0.5, 0.6) is 5.75 Å². The van der Waals surface area contributed by atoms with Crippen LogP contribution < -0.4 is 4.74 Å². The Bertz CT molecular complexity index is 707. The lowest BCUT2D eigenvalue weighted by molar-refractivity contribution is -0.274. The van der Waals surface area contributed by atoms with Crippen molar-refractivity contribution in [3.63, 3.8) is 0 Å². The molecule has 1 N–H and O–H groups in total. The van der Waals surface area contributed by atoms with E-state index in [2.05, 4.69) is 14.6 Å². The van der Waals surface area contributed by atoms with Crippen molar-refractivity contribution < 1.29 is 17.9 Å². The largest absolute Gasteiger partial charge is 0.573 e. The number of H-pyrrole nitrogens is 1. The van der Waals surface area contributed by atoms with E-state index in [4.69, 9.17) is 0 Å². The number of nitrogens with zero attached hydrogens (tertiary/aromatic N) is 1. The van der Waals surface area contributed by atoms with Gasteiger partial charge in [0.25, 0.3) is 0 Å². The molecule has 4 rings (SSSR count). The summed E-state index contributed by atoms with van der Waals surface area (Å²) in [5, 5.41) is 0.594. The number of ether oxygens (including phenoxy) is 1. The van der Waals surface area contributed by atoms with Crippen molar-refractivity contribution in [2.24, 2.45) is 0 Å². The second-order valence-electron chi connectivity index (χ2n) is 6.09. The summed E-state index contributed by atoms with van der Waals surface area (Å²) in [5.41, 5.74) is 2.80. The molecule has 0 bridgehead atoms. The average Bonchev–Trinajstić information content (AvgIpc) is 2.97. The molecule has 1 aromatic heterocycles. The van der Waals surface area contributed by atoms with Crippen molar-refractivity contribution >= 4 is 10.9 Å². The molecule has 6 heteroatoms. The molecule has 2 aliphatic heterocycles. The zero-order chi connectivity index (χ0) is 15.3. The monoisotopic (exact) mass is 310 g/mol. The molecule has 1 saturated heterocycles. The quantitative estimate of drug-likeness (QED) is 0.871. The van der Waals surface area contributed by atoms with Gasteiger partial charge in [-0.2, -0.15) is 0 Å². The van der Waals surface area contributed by atoms with Crippen LogP contribution in [0.15, 0.2) is 18.2 Å². The maximum absolute atomic E-state index is 12.6. The minimum atomic E-state index is -4.66. The molecule has 0 aliphatic carbocycles. The Hall–Kier alpha value is -1.69. The first kappa shape index (κ1) is 13.9. The van der Waals surface area contributed by atoms with Gasteiger partial charge in [-0.05, 0) is 43.5 Å². The van der Waals surface area contributed by atoms with E-state index in [1.54, 1.807) is 6.07 Å². The van der Waals surface area contributed by atoms with Gasteiger partial charge in [-0.1, -0.05) is 6.07 Å². The first-order chi connectivity index (χ1) is 10.5. The molecule has 22 heavy (non-hydrogen) atoms. The molecule has 2 aliphatic rings. The van der Waals surface area contributed by atoms with E-state index in [9.17, 15) is 13.2 Å². The smallest absolute Gasteiger partial charge is 0.405 e. The summed E-state index contributed by atoms with van der Waals surface area (Å²) in [6.45, 7) is 2.00. The SMILES string of the molecule is FC(F)(F)Oc1cccc2[nH]c3c(c12)CCN1CCC[C@H]1C3. The van der Waals surface area contributed by atoms with Crippen molar-refractivity contribution in [3.05, 3.63) is 29.5 Å². The van der Waals surface area contributed by atoms with Crippen LogP contribution >= 0.6 is 0 Å². The van der Waals surface area contributed by atoms with E-state index in [1.165, 1.54) is 18.9 Å². The van der Waals surface area contributed by atoms with Gasteiger partial charge >= 0.3 is 6.36 Å². The summed E-state index contributed by atoms with van der Waals surface area (Å²) in [6, 6.07) is 5.33. The maximum Gasteiger partial charge on any atom is 0.573 e. The number of benzene rings is 1. The highest BCUT2D eigenvalue weighted by Crippen LogP contribution is 2.37. The fraction of sp³-hybridized carbons (Fsp3) is 0.500. The van der Waals surface area contributed by atoms with Crippen LogP contribution in [0.1, 0.15) is 24.1 Å². The topological polar surface area (TPSA) is 28.3 Å². The number of nitrogens with one attached hydrogen (secondary N) is 1. The molecule has 0 amide bonds. The lowest BCUT2D eigenvalue weighted by atomic mass is 10.0.